The fourth-order valence-corrected chi connectivity index (χ4v) is 5.70. The second-order valence-electron chi connectivity index (χ2n) is 9.41. The van der Waals surface area contributed by atoms with Crippen molar-refractivity contribution in [1.29, 1.82) is 0 Å². The summed E-state index contributed by atoms with van der Waals surface area (Å²) in [5.41, 5.74) is 4.84. The molecule has 178 valence electrons. The van der Waals surface area contributed by atoms with E-state index in [0.717, 1.165) is 43.4 Å². The van der Waals surface area contributed by atoms with Crippen LogP contribution >= 0.6 is 34.8 Å². The van der Waals surface area contributed by atoms with Crippen molar-refractivity contribution >= 4 is 42.1 Å². The van der Waals surface area contributed by atoms with Crippen molar-refractivity contribution in [1.82, 2.24) is 0 Å². The highest BCUT2D eigenvalue weighted by atomic mass is 35.5. The maximum atomic E-state index is 9.82. The topological polar surface area (TPSA) is 49.7 Å². The highest BCUT2D eigenvalue weighted by molar-refractivity contribution is 6.33. The van der Waals surface area contributed by atoms with Gasteiger partial charge < -0.3 is 14.7 Å². The van der Waals surface area contributed by atoms with Crippen LogP contribution in [0.5, 0.6) is 0 Å². The first-order valence-electron chi connectivity index (χ1n) is 11.4. The van der Waals surface area contributed by atoms with E-state index in [-0.39, 0.29) is 5.41 Å². The van der Waals surface area contributed by atoms with E-state index >= 15 is 0 Å². The van der Waals surface area contributed by atoms with Gasteiger partial charge in [-0.1, -0.05) is 71.2 Å². The molecule has 1 fully saturated rings. The summed E-state index contributed by atoms with van der Waals surface area (Å²) in [6, 6.07) is 18.2. The molecule has 0 saturated heterocycles. The van der Waals surface area contributed by atoms with E-state index in [2.05, 4.69) is 12.1 Å². The highest BCUT2D eigenvalue weighted by Crippen LogP contribution is 2.53. The molecule has 0 bridgehead atoms. The van der Waals surface area contributed by atoms with Gasteiger partial charge in [0.2, 0.25) is 0 Å². The van der Waals surface area contributed by atoms with E-state index < -0.39 is 12.9 Å². The van der Waals surface area contributed by atoms with Gasteiger partial charge in [0.15, 0.2) is 0 Å². The number of halogens is 3. The summed E-state index contributed by atoms with van der Waals surface area (Å²) < 4.78 is 5.81. The van der Waals surface area contributed by atoms with Crippen LogP contribution in [0, 0.1) is 20.8 Å². The van der Waals surface area contributed by atoms with Gasteiger partial charge in [0.25, 0.3) is 0 Å². The largest absolute Gasteiger partial charge is 0.634 e. The normalized spacial score (nSPS) is 16.9. The average molecular weight is 518 g/mol. The number of hydrogen-bond acceptors (Lipinski definition) is 3. The van der Waals surface area contributed by atoms with E-state index in [1.54, 1.807) is 0 Å². The van der Waals surface area contributed by atoms with Crippen molar-refractivity contribution < 1.29 is 14.7 Å². The molecule has 1 aliphatic rings. The zero-order chi connectivity index (χ0) is 24.7. The minimum atomic E-state index is -1.89. The van der Waals surface area contributed by atoms with Crippen LogP contribution in [0.15, 0.2) is 54.6 Å². The molecule has 3 aromatic rings. The quantitative estimate of drug-likeness (QED) is 0.349. The molecule has 34 heavy (non-hydrogen) atoms. The van der Waals surface area contributed by atoms with Gasteiger partial charge in [-0.25, -0.2) is 0 Å². The molecule has 7 heteroatoms. The molecule has 1 saturated carbocycles. The Balaban J connectivity index is 1.81. The predicted molar refractivity (Wildman–Crippen MR) is 141 cm³/mol. The second kappa shape index (κ2) is 9.85. The molecular formula is C27H28BCl3O3. The lowest BCUT2D eigenvalue weighted by Gasteiger charge is -2.47. The summed E-state index contributed by atoms with van der Waals surface area (Å²) in [5.74, 6) is 0. The van der Waals surface area contributed by atoms with Gasteiger partial charge in [0.1, 0.15) is 0 Å². The molecule has 0 heterocycles. The third-order valence-corrected chi connectivity index (χ3v) is 8.61. The standard InChI is InChI=1S/C27H28BCl3O3/c1-17-4-7-20(14-23(17)29)26(21-8-5-18(2)24(30)15-21)10-12-27(13-11-26,34-28(32)33)22-9-6-19(3)25(31)16-22/h4-9,14-16,32-33H,10-13H2,1-3H3. The van der Waals surface area contributed by atoms with Crippen molar-refractivity contribution in [2.75, 3.05) is 0 Å². The molecule has 3 nitrogen and oxygen atoms in total. The molecule has 2 N–H and O–H groups in total. The summed E-state index contributed by atoms with van der Waals surface area (Å²) in [7, 11) is -1.89. The Bertz CT molecular complexity index is 1150. The molecule has 0 atom stereocenters. The molecule has 0 spiro atoms. The van der Waals surface area contributed by atoms with E-state index in [0.29, 0.717) is 30.7 Å². The van der Waals surface area contributed by atoms with E-state index in [1.807, 2.05) is 63.2 Å². The molecule has 0 aromatic heterocycles. The van der Waals surface area contributed by atoms with Crippen LogP contribution in [0.3, 0.4) is 0 Å². The zero-order valence-electron chi connectivity index (χ0n) is 19.5. The molecule has 0 aliphatic heterocycles. The molecule has 0 radical (unpaired) electrons. The number of aryl methyl sites for hydroxylation is 3. The molecule has 1 aliphatic carbocycles. The van der Waals surface area contributed by atoms with Gasteiger partial charge in [-0.05, 0) is 98.0 Å². The van der Waals surface area contributed by atoms with Crippen molar-refractivity contribution in [3.8, 4) is 0 Å². The van der Waals surface area contributed by atoms with Crippen LogP contribution in [-0.2, 0) is 15.7 Å². The predicted octanol–water partition coefficient (Wildman–Crippen LogP) is 7.31. The van der Waals surface area contributed by atoms with Crippen LogP contribution in [0.1, 0.15) is 59.1 Å². The number of rotatable bonds is 5. The zero-order valence-corrected chi connectivity index (χ0v) is 21.8. The van der Waals surface area contributed by atoms with Gasteiger partial charge in [-0.2, -0.15) is 0 Å². The summed E-state index contributed by atoms with van der Waals surface area (Å²) in [4.78, 5) is 0. The average Bonchev–Trinajstić information content (AvgIpc) is 2.79. The molecular weight excluding hydrogens is 489 g/mol. The van der Waals surface area contributed by atoms with Crippen LogP contribution < -0.4 is 0 Å². The van der Waals surface area contributed by atoms with Gasteiger partial charge in [-0.15, -0.1) is 0 Å². The van der Waals surface area contributed by atoms with Crippen molar-refractivity contribution in [3.63, 3.8) is 0 Å². The Morgan fingerprint density at radius 1 is 0.647 bits per heavy atom. The van der Waals surface area contributed by atoms with Gasteiger partial charge in [0, 0.05) is 20.5 Å². The minimum absolute atomic E-state index is 0.351. The Morgan fingerprint density at radius 3 is 1.41 bits per heavy atom. The first kappa shape index (κ1) is 25.6. The second-order valence-corrected chi connectivity index (χ2v) is 10.6. The van der Waals surface area contributed by atoms with Crippen LogP contribution in [0.2, 0.25) is 15.1 Å². The molecule has 0 amide bonds. The minimum Gasteiger partial charge on any atom is -0.402 e. The smallest absolute Gasteiger partial charge is 0.402 e. The maximum Gasteiger partial charge on any atom is 0.634 e. The maximum absolute atomic E-state index is 9.82. The summed E-state index contributed by atoms with van der Waals surface area (Å²) in [6.07, 6.45) is 2.51. The lowest BCUT2D eigenvalue weighted by atomic mass is 9.60. The Labute approximate surface area is 216 Å². The van der Waals surface area contributed by atoms with Crippen LogP contribution in [0.4, 0.5) is 0 Å². The summed E-state index contributed by atoms with van der Waals surface area (Å²) >= 11 is 19.6. The Hall–Kier alpha value is -1.53. The number of hydrogen-bond donors (Lipinski definition) is 2. The Morgan fingerprint density at radius 2 is 1.03 bits per heavy atom. The SMILES string of the molecule is Cc1ccc(C2(OB(O)O)CCC(c3ccc(C)c(Cl)c3)(c3ccc(C)c(Cl)c3)CC2)cc1Cl. The molecule has 4 rings (SSSR count). The van der Waals surface area contributed by atoms with Crippen molar-refractivity contribution in [2.45, 2.75) is 57.5 Å². The van der Waals surface area contributed by atoms with Gasteiger partial charge >= 0.3 is 7.32 Å². The first-order valence-corrected chi connectivity index (χ1v) is 12.5. The summed E-state index contributed by atoms with van der Waals surface area (Å²) in [6.45, 7) is 5.92. The van der Waals surface area contributed by atoms with E-state index in [4.69, 9.17) is 39.5 Å². The van der Waals surface area contributed by atoms with Crippen LogP contribution in [-0.4, -0.2) is 17.4 Å². The van der Waals surface area contributed by atoms with Crippen LogP contribution in [0.25, 0.3) is 0 Å². The Kier molecular flexibility index (Phi) is 7.41. The lowest BCUT2D eigenvalue weighted by molar-refractivity contribution is -0.0274. The van der Waals surface area contributed by atoms with Crippen molar-refractivity contribution in [2.24, 2.45) is 0 Å². The third-order valence-electron chi connectivity index (χ3n) is 7.39. The first-order chi connectivity index (χ1) is 16.1. The fraction of sp³-hybridized carbons (Fsp3) is 0.333. The molecule has 0 unspecified atom stereocenters. The number of benzene rings is 3. The van der Waals surface area contributed by atoms with E-state index in [1.165, 1.54) is 0 Å². The lowest BCUT2D eigenvalue weighted by Crippen LogP contribution is -2.45. The fourth-order valence-electron chi connectivity index (χ4n) is 5.16. The highest BCUT2D eigenvalue weighted by Gasteiger charge is 2.48. The van der Waals surface area contributed by atoms with Gasteiger partial charge in [0.05, 0.1) is 5.60 Å². The van der Waals surface area contributed by atoms with Crippen molar-refractivity contribution in [3.05, 3.63) is 103 Å². The summed E-state index contributed by atoms with van der Waals surface area (Å²) in [5, 5.41) is 21.7. The van der Waals surface area contributed by atoms with E-state index in [9.17, 15) is 10.0 Å². The monoisotopic (exact) mass is 516 g/mol. The van der Waals surface area contributed by atoms with Gasteiger partial charge in [-0.3, -0.25) is 0 Å². The molecule has 3 aromatic carbocycles. The third kappa shape index (κ3) is 4.77.